The normalized spacial score (nSPS) is 10.7. The molecule has 9 nitrogen and oxygen atoms in total. The van der Waals surface area contributed by atoms with E-state index in [-0.39, 0.29) is 11.5 Å². The molecule has 0 fully saturated rings. The third-order valence-electron chi connectivity index (χ3n) is 4.65. The monoisotopic (exact) mass is 478 g/mol. The minimum atomic E-state index is -0.608. The first kappa shape index (κ1) is 24.3. The standard InChI is InChI=1S/C24H22N4O5S/c1-15(29)28(19-6-8-20(31-2)9-7-19)24-27-18(14-34-24)11-16(13-25)23(30)26-17-5-10-21(32-3)22(12-17)33-4/h5-12,14H,1-4H3,(H,26,30)/b16-11+. The van der Waals surface area contributed by atoms with E-state index in [1.807, 2.05) is 6.07 Å². The number of hydrogen-bond donors (Lipinski definition) is 1. The highest BCUT2D eigenvalue weighted by Gasteiger charge is 2.19. The van der Waals surface area contributed by atoms with Crippen LogP contribution < -0.4 is 24.4 Å². The zero-order valence-electron chi connectivity index (χ0n) is 19.0. The van der Waals surface area contributed by atoms with E-state index in [2.05, 4.69) is 10.3 Å². The number of nitrogens with one attached hydrogen (secondary N) is 1. The lowest BCUT2D eigenvalue weighted by atomic mass is 10.2. The largest absolute Gasteiger partial charge is 0.497 e. The summed E-state index contributed by atoms with van der Waals surface area (Å²) in [5, 5.41) is 14.3. The maximum atomic E-state index is 12.7. The van der Waals surface area contributed by atoms with Gasteiger partial charge in [0.15, 0.2) is 16.6 Å². The average Bonchev–Trinajstić information content (AvgIpc) is 3.30. The number of ether oxygens (including phenoxy) is 3. The molecule has 1 N–H and O–H groups in total. The SMILES string of the molecule is COc1ccc(N(C(C)=O)c2nc(/C=C(\C#N)C(=O)Nc3ccc(OC)c(OC)c3)cs2)cc1. The first-order chi connectivity index (χ1) is 16.4. The Labute approximate surface area is 200 Å². The van der Waals surface area contributed by atoms with Crippen LogP contribution in [0.2, 0.25) is 0 Å². The summed E-state index contributed by atoms with van der Waals surface area (Å²) in [4.78, 5) is 30.8. The quantitative estimate of drug-likeness (QED) is 0.377. The third-order valence-corrected chi connectivity index (χ3v) is 5.49. The van der Waals surface area contributed by atoms with Crippen molar-refractivity contribution in [3.63, 3.8) is 0 Å². The van der Waals surface area contributed by atoms with E-state index in [4.69, 9.17) is 14.2 Å². The molecular formula is C24H22N4O5S. The van der Waals surface area contributed by atoms with Crippen molar-refractivity contribution >= 4 is 45.7 Å². The van der Waals surface area contributed by atoms with Gasteiger partial charge in [-0.05, 0) is 42.5 Å². The number of carbonyl (C=O) groups excluding carboxylic acids is 2. The highest BCUT2D eigenvalue weighted by atomic mass is 32.1. The molecule has 3 aromatic rings. The van der Waals surface area contributed by atoms with Crippen LogP contribution in [-0.2, 0) is 9.59 Å². The molecule has 2 aromatic carbocycles. The van der Waals surface area contributed by atoms with E-state index in [0.717, 1.165) is 0 Å². The van der Waals surface area contributed by atoms with Crippen LogP contribution >= 0.6 is 11.3 Å². The van der Waals surface area contributed by atoms with E-state index in [1.165, 1.54) is 43.5 Å². The van der Waals surface area contributed by atoms with Crippen molar-refractivity contribution in [3.8, 4) is 23.3 Å². The molecule has 0 unspecified atom stereocenters. The van der Waals surface area contributed by atoms with Gasteiger partial charge in [-0.2, -0.15) is 5.26 Å². The Morgan fingerprint density at radius 2 is 1.76 bits per heavy atom. The molecule has 34 heavy (non-hydrogen) atoms. The number of anilines is 3. The van der Waals surface area contributed by atoms with Crippen LogP contribution in [0.3, 0.4) is 0 Å². The van der Waals surface area contributed by atoms with Gasteiger partial charge in [0.25, 0.3) is 5.91 Å². The van der Waals surface area contributed by atoms with Crippen molar-refractivity contribution < 1.29 is 23.8 Å². The Morgan fingerprint density at radius 3 is 2.35 bits per heavy atom. The number of nitriles is 1. The van der Waals surface area contributed by atoms with Crippen molar-refractivity contribution in [2.45, 2.75) is 6.92 Å². The van der Waals surface area contributed by atoms with Crippen LogP contribution in [0.5, 0.6) is 17.2 Å². The Hall–Kier alpha value is -4.36. The first-order valence-corrected chi connectivity index (χ1v) is 10.8. The summed E-state index contributed by atoms with van der Waals surface area (Å²) < 4.78 is 15.6. The second-order valence-electron chi connectivity index (χ2n) is 6.80. The predicted octanol–water partition coefficient (Wildman–Crippen LogP) is 4.40. The first-order valence-electron chi connectivity index (χ1n) is 9.95. The number of aromatic nitrogens is 1. The summed E-state index contributed by atoms with van der Waals surface area (Å²) in [5.74, 6) is 0.770. The summed E-state index contributed by atoms with van der Waals surface area (Å²) in [5.41, 5.74) is 1.28. The molecule has 0 saturated heterocycles. The summed E-state index contributed by atoms with van der Waals surface area (Å²) in [7, 11) is 4.56. The molecule has 0 saturated carbocycles. The number of nitrogens with zero attached hydrogens (tertiary/aromatic N) is 3. The van der Waals surface area contributed by atoms with Crippen molar-refractivity contribution in [2.75, 3.05) is 31.5 Å². The Kier molecular flexibility index (Phi) is 7.84. The molecule has 174 valence electrons. The maximum Gasteiger partial charge on any atom is 0.266 e. The Morgan fingerprint density at radius 1 is 1.06 bits per heavy atom. The minimum absolute atomic E-state index is 0.148. The van der Waals surface area contributed by atoms with Gasteiger partial charge in [-0.3, -0.25) is 14.5 Å². The lowest BCUT2D eigenvalue weighted by Gasteiger charge is -2.18. The smallest absolute Gasteiger partial charge is 0.266 e. The number of methoxy groups -OCH3 is 3. The molecule has 0 aliphatic heterocycles. The van der Waals surface area contributed by atoms with E-state index < -0.39 is 5.91 Å². The van der Waals surface area contributed by atoms with E-state index in [9.17, 15) is 14.9 Å². The van der Waals surface area contributed by atoms with Crippen molar-refractivity contribution in [2.24, 2.45) is 0 Å². The van der Waals surface area contributed by atoms with Gasteiger partial charge in [-0.15, -0.1) is 11.3 Å². The summed E-state index contributed by atoms with van der Waals surface area (Å²) >= 11 is 1.21. The number of rotatable bonds is 8. The second-order valence-corrected chi connectivity index (χ2v) is 7.64. The average molecular weight is 479 g/mol. The van der Waals surface area contributed by atoms with E-state index >= 15 is 0 Å². The van der Waals surface area contributed by atoms with Gasteiger partial charge in [0.2, 0.25) is 5.91 Å². The van der Waals surface area contributed by atoms with Gasteiger partial charge < -0.3 is 19.5 Å². The fourth-order valence-corrected chi connectivity index (χ4v) is 3.86. The van der Waals surface area contributed by atoms with Crippen LogP contribution in [0, 0.1) is 11.3 Å². The zero-order valence-corrected chi connectivity index (χ0v) is 19.8. The molecule has 0 radical (unpaired) electrons. The minimum Gasteiger partial charge on any atom is -0.497 e. The highest BCUT2D eigenvalue weighted by Crippen LogP contribution is 2.32. The molecular weight excluding hydrogens is 456 g/mol. The van der Waals surface area contributed by atoms with Gasteiger partial charge >= 0.3 is 0 Å². The van der Waals surface area contributed by atoms with Crippen molar-refractivity contribution in [3.05, 3.63) is 59.1 Å². The van der Waals surface area contributed by atoms with Crippen LogP contribution in [0.25, 0.3) is 6.08 Å². The molecule has 0 atom stereocenters. The molecule has 1 aromatic heterocycles. The zero-order chi connectivity index (χ0) is 24.7. The lowest BCUT2D eigenvalue weighted by molar-refractivity contribution is -0.116. The van der Waals surface area contributed by atoms with Crippen molar-refractivity contribution in [1.82, 2.24) is 4.98 Å². The van der Waals surface area contributed by atoms with Gasteiger partial charge in [0.1, 0.15) is 17.4 Å². The topological polar surface area (TPSA) is 114 Å². The number of benzene rings is 2. The summed E-state index contributed by atoms with van der Waals surface area (Å²) in [6.45, 7) is 1.43. The number of thiazole rings is 1. The van der Waals surface area contributed by atoms with E-state index in [1.54, 1.807) is 55.0 Å². The van der Waals surface area contributed by atoms with Crippen LogP contribution in [-0.4, -0.2) is 38.1 Å². The lowest BCUT2D eigenvalue weighted by Crippen LogP contribution is -2.22. The number of carbonyl (C=O) groups is 2. The van der Waals surface area contributed by atoms with Crippen LogP contribution in [0.1, 0.15) is 12.6 Å². The molecule has 10 heteroatoms. The van der Waals surface area contributed by atoms with Gasteiger partial charge in [-0.1, -0.05) is 0 Å². The van der Waals surface area contributed by atoms with Gasteiger partial charge in [0, 0.05) is 24.1 Å². The van der Waals surface area contributed by atoms with Crippen LogP contribution in [0.4, 0.5) is 16.5 Å². The molecule has 1 heterocycles. The highest BCUT2D eigenvalue weighted by molar-refractivity contribution is 7.14. The second kappa shape index (κ2) is 11.0. The molecule has 0 spiro atoms. The maximum absolute atomic E-state index is 12.7. The predicted molar refractivity (Wildman–Crippen MR) is 130 cm³/mol. The van der Waals surface area contributed by atoms with E-state index in [0.29, 0.717) is 39.4 Å². The summed E-state index contributed by atoms with van der Waals surface area (Å²) in [6.07, 6.45) is 1.36. The van der Waals surface area contributed by atoms with Crippen molar-refractivity contribution in [1.29, 1.82) is 5.26 Å². The molecule has 2 amide bonds. The van der Waals surface area contributed by atoms with Gasteiger partial charge in [-0.25, -0.2) is 4.98 Å². The molecule has 0 aliphatic carbocycles. The summed E-state index contributed by atoms with van der Waals surface area (Å²) in [6, 6.07) is 13.7. The fourth-order valence-electron chi connectivity index (χ4n) is 3.01. The Bertz CT molecular complexity index is 1260. The van der Waals surface area contributed by atoms with Crippen LogP contribution in [0.15, 0.2) is 53.4 Å². The Balaban J connectivity index is 1.83. The van der Waals surface area contributed by atoms with Gasteiger partial charge in [0.05, 0.1) is 32.7 Å². The molecule has 0 aliphatic rings. The number of amides is 2. The third kappa shape index (κ3) is 5.51. The number of hydrogen-bond acceptors (Lipinski definition) is 8. The fraction of sp³-hybridized carbons (Fsp3) is 0.167. The molecule has 0 bridgehead atoms. The molecule has 3 rings (SSSR count).